The van der Waals surface area contributed by atoms with Gasteiger partial charge in [0.25, 0.3) is 0 Å². The van der Waals surface area contributed by atoms with Crippen LogP contribution in [0.2, 0.25) is 0 Å². The van der Waals surface area contributed by atoms with E-state index in [9.17, 15) is 0 Å². The molecule has 1 aliphatic rings. The second kappa shape index (κ2) is 16.6. The van der Waals surface area contributed by atoms with E-state index in [2.05, 4.69) is 254 Å². The van der Waals surface area contributed by atoms with Crippen LogP contribution in [0.1, 0.15) is 107 Å². The van der Waals surface area contributed by atoms with E-state index in [1.807, 2.05) is 0 Å². The molecule has 11 rings (SSSR count). The molecule has 0 amide bonds. The monoisotopic (exact) mass is 883 g/mol. The van der Waals surface area contributed by atoms with Gasteiger partial charge in [0.1, 0.15) is 11.2 Å². The Labute approximate surface area is 402 Å². The highest BCUT2D eigenvalue weighted by molar-refractivity contribution is 6.21. The fraction of sp³-hybridized carbons (Fsp3) is 0.212. The van der Waals surface area contributed by atoms with E-state index in [0.29, 0.717) is 0 Å². The van der Waals surface area contributed by atoms with Crippen molar-refractivity contribution in [3.05, 3.63) is 233 Å². The molecule has 336 valence electrons. The van der Waals surface area contributed by atoms with Crippen molar-refractivity contribution in [2.24, 2.45) is 0 Å². The number of hydrogen-bond acceptors (Lipinski definition) is 2. The maximum Gasteiger partial charge on any atom is 0.137 e. The van der Waals surface area contributed by atoms with E-state index < -0.39 is 0 Å². The fourth-order valence-electron chi connectivity index (χ4n) is 10.9. The van der Waals surface area contributed by atoms with E-state index in [1.54, 1.807) is 0 Å². The van der Waals surface area contributed by atoms with Gasteiger partial charge < -0.3 is 9.32 Å². The standard InChI is InChI=1S/C66H61NO/c1-64(2,3)49-27-23-48(24-28-49)61(47-21-19-45(20-22-47)43-15-11-9-12-16-43)54-37-38-57-62-55(54)39-40-66(7,8)58(62)42-60-63(57)56-36-35-53(41-59(56)68-60)67(52-33-29-50(30-34-52)65(4,5)6)51-31-25-46(26-32-51)44-17-13-10-14-18-44/h9-38,41-42,61H,39-40H2,1-8H3. The summed E-state index contributed by atoms with van der Waals surface area (Å²) in [6.07, 6.45) is 2.08. The van der Waals surface area contributed by atoms with Crippen molar-refractivity contribution in [3.8, 4) is 22.3 Å². The van der Waals surface area contributed by atoms with Crippen LogP contribution in [0.25, 0.3) is 55.0 Å². The topological polar surface area (TPSA) is 16.4 Å². The van der Waals surface area contributed by atoms with Gasteiger partial charge in [-0.15, -0.1) is 0 Å². The Kier molecular flexibility index (Phi) is 10.6. The van der Waals surface area contributed by atoms with Crippen molar-refractivity contribution >= 4 is 49.8 Å². The molecule has 1 unspecified atom stereocenters. The molecule has 0 saturated heterocycles. The number of furan rings is 1. The molecule has 9 aromatic carbocycles. The second-order valence-corrected chi connectivity index (χ2v) is 21.9. The number of fused-ring (bicyclic) bond motifs is 4. The molecule has 0 bridgehead atoms. The van der Waals surface area contributed by atoms with E-state index in [0.717, 1.165) is 46.5 Å². The molecule has 0 fully saturated rings. The van der Waals surface area contributed by atoms with E-state index >= 15 is 0 Å². The molecular formula is C66H61NO. The third-order valence-electron chi connectivity index (χ3n) is 14.8. The Morgan fingerprint density at radius 3 is 1.49 bits per heavy atom. The van der Waals surface area contributed by atoms with Crippen LogP contribution in [-0.2, 0) is 22.7 Å². The number of anilines is 3. The Bertz CT molecular complexity index is 3440. The van der Waals surface area contributed by atoms with E-state index in [-0.39, 0.29) is 22.2 Å². The molecule has 0 spiro atoms. The van der Waals surface area contributed by atoms with Crippen LogP contribution >= 0.6 is 0 Å². The molecule has 1 heterocycles. The molecule has 1 aliphatic carbocycles. The van der Waals surface area contributed by atoms with Crippen molar-refractivity contribution in [2.75, 3.05) is 4.90 Å². The Morgan fingerprint density at radius 2 is 0.926 bits per heavy atom. The van der Waals surface area contributed by atoms with Crippen molar-refractivity contribution in [3.63, 3.8) is 0 Å². The van der Waals surface area contributed by atoms with Crippen LogP contribution in [0.5, 0.6) is 0 Å². The largest absolute Gasteiger partial charge is 0.456 e. The zero-order valence-corrected chi connectivity index (χ0v) is 40.8. The molecule has 0 saturated carbocycles. The highest BCUT2D eigenvalue weighted by atomic mass is 16.3. The quantitative estimate of drug-likeness (QED) is 0.141. The number of nitrogens with zero attached hydrogens (tertiary/aromatic N) is 1. The van der Waals surface area contributed by atoms with Gasteiger partial charge in [0.2, 0.25) is 0 Å². The summed E-state index contributed by atoms with van der Waals surface area (Å²) in [6.45, 7) is 18.5. The summed E-state index contributed by atoms with van der Waals surface area (Å²) >= 11 is 0. The number of hydrogen-bond donors (Lipinski definition) is 0. The van der Waals surface area contributed by atoms with Crippen LogP contribution in [0.4, 0.5) is 17.1 Å². The van der Waals surface area contributed by atoms with Crippen molar-refractivity contribution in [1.82, 2.24) is 0 Å². The third kappa shape index (κ3) is 7.80. The minimum Gasteiger partial charge on any atom is -0.456 e. The lowest BCUT2D eigenvalue weighted by Crippen LogP contribution is -2.24. The molecule has 1 atom stereocenters. The molecule has 0 N–H and O–H groups in total. The van der Waals surface area contributed by atoms with Crippen LogP contribution < -0.4 is 4.90 Å². The predicted octanol–water partition coefficient (Wildman–Crippen LogP) is 18.5. The lowest BCUT2D eigenvalue weighted by molar-refractivity contribution is 0.473. The summed E-state index contributed by atoms with van der Waals surface area (Å²) in [5.74, 6) is 0.0758. The lowest BCUT2D eigenvalue weighted by Gasteiger charge is -2.35. The molecule has 2 heteroatoms. The van der Waals surface area contributed by atoms with Gasteiger partial charge in [0, 0.05) is 39.8 Å². The van der Waals surface area contributed by atoms with Crippen molar-refractivity contribution < 1.29 is 4.42 Å². The summed E-state index contributed by atoms with van der Waals surface area (Å²) in [5, 5.41) is 5.02. The SMILES string of the molecule is CC(C)(C)c1ccc(C(c2ccc(-c3ccccc3)cc2)c2ccc3c4c(cc5oc6cc(N(c7ccc(-c8ccccc8)cc7)c7ccc(C(C)(C)C)cc7)ccc6c53)C(C)(C)CCc24)cc1. The van der Waals surface area contributed by atoms with Gasteiger partial charge in [-0.2, -0.15) is 0 Å². The van der Waals surface area contributed by atoms with Crippen molar-refractivity contribution in [2.45, 2.75) is 90.4 Å². The first-order valence-corrected chi connectivity index (χ1v) is 24.5. The van der Waals surface area contributed by atoms with Crippen molar-refractivity contribution in [1.29, 1.82) is 0 Å². The first-order chi connectivity index (χ1) is 32.7. The number of benzene rings is 9. The summed E-state index contributed by atoms with van der Waals surface area (Å²) in [6, 6.07) is 72.2. The van der Waals surface area contributed by atoms with Crippen LogP contribution in [-0.4, -0.2) is 0 Å². The van der Waals surface area contributed by atoms with Gasteiger partial charge >= 0.3 is 0 Å². The average Bonchev–Trinajstić information content (AvgIpc) is 3.72. The van der Waals surface area contributed by atoms with E-state index in [1.165, 1.54) is 77.4 Å². The first kappa shape index (κ1) is 43.4. The molecule has 68 heavy (non-hydrogen) atoms. The number of rotatable bonds is 8. The first-order valence-electron chi connectivity index (χ1n) is 24.5. The van der Waals surface area contributed by atoms with Gasteiger partial charge in [-0.05, 0) is 144 Å². The predicted molar refractivity (Wildman–Crippen MR) is 289 cm³/mol. The fourth-order valence-corrected chi connectivity index (χ4v) is 10.9. The molecule has 1 aromatic heterocycles. The Morgan fingerprint density at radius 1 is 0.456 bits per heavy atom. The smallest absolute Gasteiger partial charge is 0.137 e. The van der Waals surface area contributed by atoms with Gasteiger partial charge in [0.05, 0.1) is 0 Å². The minimum atomic E-state index is -0.0225. The maximum absolute atomic E-state index is 7.04. The molecule has 0 aliphatic heterocycles. The molecule has 10 aromatic rings. The highest BCUT2D eigenvalue weighted by Crippen LogP contribution is 2.50. The summed E-state index contributed by atoms with van der Waals surface area (Å²) in [4.78, 5) is 2.36. The van der Waals surface area contributed by atoms with Crippen LogP contribution in [0, 0.1) is 0 Å². The highest BCUT2D eigenvalue weighted by Gasteiger charge is 2.34. The van der Waals surface area contributed by atoms with Crippen LogP contribution in [0.15, 0.2) is 199 Å². The maximum atomic E-state index is 7.04. The molecule has 2 nitrogen and oxygen atoms in total. The average molecular weight is 884 g/mol. The van der Waals surface area contributed by atoms with Gasteiger partial charge in [-0.3, -0.25) is 0 Å². The van der Waals surface area contributed by atoms with E-state index in [4.69, 9.17) is 4.42 Å². The second-order valence-electron chi connectivity index (χ2n) is 21.9. The van der Waals surface area contributed by atoms with Crippen LogP contribution in [0.3, 0.4) is 0 Å². The molecule has 0 radical (unpaired) electrons. The molecular weight excluding hydrogens is 823 g/mol. The zero-order valence-electron chi connectivity index (χ0n) is 40.8. The third-order valence-corrected chi connectivity index (χ3v) is 14.8. The minimum absolute atomic E-state index is 0.0225. The number of aryl methyl sites for hydroxylation is 1. The lowest BCUT2D eigenvalue weighted by atomic mass is 9.69. The summed E-state index contributed by atoms with van der Waals surface area (Å²) < 4.78 is 7.04. The summed E-state index contributed by atoms with van der Waals surface area (Å²) in [7, 11) is 0. The van der Waals surface area contributed by atoms with Gasteiger partial charge in [0.15, 0.2) is 0 Å². The zero-order chi connectivity index (χ0) is 47.0. The van der Waals surface area contributed by atoms with Gasteiger partial charge in [-0.25, -0.2) is 0 Å². The van der Waals surface area contributed by atoms with Gasteiger partial charge in [-0.1, -0.05) is 201 Å². The Balaban J connectivity index is 1.07. The summed E-state index contributed by atoms with van der Waals surface area (Å²) in [5.41, 5.74) is 19.6. The Hall–Kier alpha value is -7.16. The normalized spacial score (nSPS) is 14.1.